The van der Waals surface area contributed by atoms with Crippen LogP contribution in [-0.2, 0) is 13.1 Å². The highest BCUT2D eigenvalue weighted by Crippen LogP contribution is 2.19. The van der Waals surface area contributed by atoms with Crippen LogP contribution < -0.4 is 5.73 Å². The molecule has 0 saturated heterocycles. The first-order valence-corrected chi connectivity index (χ1v) is 9.19. The molecule has 148 valence electrons. The van der Waals surface area contributed by atoms with E-state index in [1.807, 2.05) is 10.6 Å². The third-order valence-electron chi connectivity index (χ3n) is 4.90. The van der Waals surface area contributed by atoms with E-state index in [2.05, 4.69) is 40.3 Å². The lowest BCUT2D eigenvalue weighted by molar-refractivity contribution is 0.1000. The number of fused-ring (bicyclic) bond motifs is 1. The summed E-state index contributed by atoms with van der Waals surface area (Å²) < 4.78 is 1.92. The molecule has 3 N–H and O–H groups in total. The first-order chi connectivity index (χ1) is 13.9. The molecule has 2 heterocycles. The van der Waals surface area contributed by atoms with Crippen molar-refractivity contribution in [1.29, 1.82) is 0 Å². The Morgan fingerprint density at radius 1 is 1.14 bits per heavy atom. The number of aromatic nitrogens is 6. The second-order valence-corrected chi connectivity index (χ2v) is 7.09. The number of aryl methyl sites for hydroxylation is 2. The second kappa shape index (κ2) is 7.44. The summed E-state index contributed by atoms with van der Waals surface area (Å²) in [5.41, 5.74) is 10.6. The van der Waals surface area contributed by atoms with Crippen LogP contribution in [0.2, 0.25) is 0 Å². The molecular weight excluding hydrogens is 370 g/mol. The number of hydrogen-bond donors (Lipinski definition) is 2. The van der Waals surface area contributed by atoms with Crippen molar-refractivity contribution in [1.82, 2.24) is 29.8 Å². The minimum Gasteiger partial charge on any atom is -0.389 e. The molecule has 1 unspecified atom stereocenters. The van der Waals surface area contributed by atoms with Crippen molar-refractivity contribution in [2.45, 2.75) is 33.0 Å². The van der Waals surface area contributed by atoms with E-state index in [0.29, 0.717) is 23.5 Å². The Morgan fingerprint density at radius 3 is 2.59 bits per heavy atom. The van der Waals surface area contributed by atoms with Crippen molar-refractivity contribution < 1.29 is 9.90 Å². The van der Waals surface area contributed by atoms with Crippen molar-refractivity contribution in [2.24, 2.45) is 5.73 Å². The largest absolute Gasteiger partial charge is 0.389 e. The molecule has 0 aliphatic heterocycles. The lowest BCUT2D eigenvalue weighted by Gasteiger charge is -2.11. The number of carbonyl (C=O) groups excluding carboxylic acids is 1. The molecule has 9 heteroatoms. The van der Waals surface area contributed by atoms with Gasteiger partial charge >= 0.3 is 0 Å². The van der Waals surface area contributed by atoms with Crippen molar-refractivity contribution in [3.05, 3.63) is 59.4 Å². The number of aliphatic hydroxyl groups is 1. The van der Waals surface area contributed by atoms with Gasteiger partial charge in [0.05, 0.1) is 36.6 Å². The zero-order valence-corrected chi connectivity index (χ0v) is 16.1. The molecule has 2 aromatic carbocycles. The van der Waals surface area contributed by atoms with E-state index in [9.17, 15) is 9.90 Å². The summed E-state index contributed by atoms with van der Waals surface area (Å²) in [5, 5.41) is 22.8. The number of primary amides is 1. The maximum absolute atomic E-state index is 11.2. The molecular formula is C20H21N7O2. The minimum atomic E-state index is -0.715. The minimum absolute atomic E-state index is 0.191. The summed E-state index contributed by atoms with van der Waals surface area (Å²) in [7, 11) is 0. The Bertz CT molecular complexity index is 1180. The van der Waals surface area contributed by atoms with Gasteiger partial charge in [-0.25, -0.2) is 4.98 Å². The van der Waals surface area contributed by atoms with E-state index in [-0.39, 0.29) is 6.54 Å². The predicted molar refractivity (Wildman–Crippen MR) is 107 cm³/mol. The summed E-state index contributed by atoms with van der Waals surface area (Å²) in [5.74, 6) is -0.0823. The van der Waals surface area contributed by atoms with Gasteiger partial charge in [0.1, 0.15) is 0 Å². The maximum Gasteiger partial charge on any atom is 0.248 e. The van der Waals surface area contributed by atoms with E-state index in [1.165, 1.54) is 15.9 Å². The van der Waals surface area contributed by atoms with E-state index >= 15 is 0 Å². The average Bonchev–Trinajstić information content (AvgIpc) is 3.30. The number of amides is 1. The number of rotatable bonds is 6. The standard InChI is InChI=1S/C20H21N7O2/c1-12-7-17-18(8-13(12)2)26(11-22-17)9-16(28)10-27-24-20(23-25-27)15-5-3-14(4-6-15)19(21)29/h3-8,11,16,28H,9-10H2,1-2H3,(H2,21,29). The van der Waals surface area contributed by atoms with Crippen LogP contribution in [0, 0.1) is 13.8 Å². The smallest absolute Gasteiger partial charge is 0.248 e. The van der Waals surface area contributed by atoms with Crippen LogP contribution in [0.1, 0.15) is 21.5 Å². The molecule has 2 aromatic heterocycles. The van der Waals surface area contributed by atoms with Crippen LogP contribution in [-0.4, -0.2) is 46.9 Å². The van der Waals surface area contributed by atoms with Gasteiger partial charge in [-0.3, -0.25) is 4.79 Å². The molecule has 0 aliphatic rings. The molecule has 0 fully saturated rings. The first kappa shape index (κ1) is 18.8. The number of nitrogens with two attached hydrogens (primary N) is 1. The molecule has 1 atom stereocenters. The Balaban J connectivity index is 1.46. The number of imidazole rings is 1. The average molecular weight is 391 g/mol. The summed E-state index contributed by atoms with van der Waals surface area (Å²) >= 11 is 0. The Kier molecular flexibility index (Phi) is 4.81. The van der Waals surface area contributed by atoms with E-state index < -0.39 is 12.0 Å². The van der Waals surface area contributed by atoms with Crippen LogP contribution >= 0.6 is 0 Å². The fraction of sp³-hybridized carbons (Fsp3) is 0.250. The monoisotopic (exact) mass is 391 g/mol. The first-order valence-electron chi connectivity index (χ1n) is 9.19. The quantitative estimate of drug-likeness (QED) is 0.513. The molecule has 4 rings (SSSR count). The number of carbonyl (C=O) groups is 1. The zero-order valence-electron chi connectivity index (χ0n) is 16.1. The summed E-state index contributed by atoms with van der Waals surface area (Å²) in [6, 6.07) is 10.8. The van der Waals surface area contributed by atoms with Crippen LogP contribution in [0.3, 0.4) is 0 Å². The van der Waals surface area contributed by atoms with Crippen LogP contribution in [0.25, 0.3) is 22.4 Å². The van der Waals surface area contributed by atoms with Gasteiger partial charge in [0.15, 0.2) is 0 Å². The maximum atomic E-state index is 11.2. The zero-order chi connectivity index (χ0) is 20.5. The van der Waals surface area contributed by atoms with Gasteiger partial charge < -0.3 is 15.4 Å². The van der Waals surface area contributed by atoms with E-state index in [1.54, 1.807) is 30.6 Å². The highest BCUT2D eigenvalue weighted by atomic mass is 16.3. The molecule has 0 aliphatic carbocycles. The number of aliphatic hydroxyl groups excluding tert-OH is 1. The van der Waals surface area contributed by atoms with Crippen molar-refractivity contribution in [3.8, 4) is 11.4 Å². The molecule has 4 aromatic rings. The van der Waals surface area contributed by atoms with Crippen LogP contribution in [0.5, 0.6) is 0 Å². The van der Waals surface area contributed by atoms with Crippen molar-refractivity contribution >= 4 is 16.9 Å². The molecule has 9 nitrogen and oxygen atoms in total. The fourth-order valence-corrected chi connectivity index (χ4v) is 3.15. The van der Waals surface area contributed by atoms with Gasteiger partial charge in [-0.05, 0) is 54.5 Å². The summed E-state index contributed by atoms with van der Waals surface area (Å²) in [4.78, 5) is 16.9. The van der Waals surface area contributed by atoms with Gasteiger partial charge in [-0.15, -0.1) is 10.2 Å². The third-order valence-corrected chi connectivity index (χ3v) is 4.90. The number of tetrazole rings is 1. The summed E-state index contributed by atoms with van der Waals surface area (Å²) in [6.07, 6.45) is 1.01. The lowest BCUT2D eigenvalue weighted by atomic mass is 10.1. The van der Waals surface area contributed by atoms with E-state index in [4.69, 9.17) is 5.73 Å². The molecule has 0 saturated carbocycles. The number of nitrogens with zero attached hydrogens (tertiary/aromatic N) is 6. The van der Waals surface area contributed by atoms with Crippen LogP contribution in [0.15, 0.2) is 42.7 Å². The Morgan fingerprint density at radius 2 is 1.86 bits per heavy atom. The van der Waals surface area contributed by atoms with Crippen molar-refractivity contribution in [2.75, 3.05) is 0 Å². The molecule has 0 radical (unpaired) electrons. The normalized spacial score (nSPS) is 12.4. The molecule has 0 bridgehead atoms. The van der Waals surface area contributed by atoms with Crippen LogP contribution in [0.4, 0.5) is 0 Å². The second-order valence-electron chi connectivity index (χ2n) is 7.09. The fourth-order valence-electron chi connectivity index (χ4n) is 3.15. The van der Waals surface area contributed by atoms with Crippen molar-refractivity contribution in [3.63, 3.8) is 0 Å². The lowest BCUT2D eigenvalue weighted by Crippen LogP contribution is -2.23. The van der Waals surface area contributed by atoms with Gasteiger partial charge in [0.25, 0.3) is 0 Å². The summed E-state index contributed by atoms with van der Waals surface area (Å²) in [6.45, 7) is 4.66. The van der Waals surface area contributed by atoms with Gasteiger partial charge in [0.2, 0.25) is 11.7 Å². The molecule has 0 spiro atoms. The van der Waals surface area contributed by atoms with Gasteiger partial charge in [-0.2, -0.15) is 4.80 Å². The highest BCUT2D eigenvalue weighted by molar-refractivity contribution is 5.93. The number of hydrogen-bond acceptors (Lipinski definition) is 6. The number of benzene rings is 2. The van der Waals surface area contributed by atoms with Gasteiger partial charge in [0, 0.05) is 11.1 Å². The third kappa shape index (κ3) is 3.85. The Hall–Kier alpha value is -3.59. The van der Waals surface area contributed by atoms with E-state index in [0.717, 1.165) is 11.0 Å². The molecule has 29 heavy (non-hydrogen) atoms. The van der Waals surface area contributed by atoms with Gasteiger partial charge in [-0.1, -0.05) is 12.1 Å². The SMILES string of the molecule is Cc1cc2ncn(CC(O)Cn3nnc(-c4ccc(C(N)=O)cc4)n3)c2cc1C. The molecule has 1 amide bonds. The topological polar surface area (TPSA) is 125 Å². The highest BCUT2D eigenvalue weighted by Gasteiger charge is 2.13. The predicted octanol–water partition coefficient (Wildman–Crippen LogP) is 1.47. The Labute approximate surface area is 166 Å².